The predicted octanol–water partition coefficient (Wildman–Crippen LogP) is 4.26. The van der Waals surface area contributed by atoms with Crippen molar-refractivity contribution in [2.45, 2.75) is 26.4 Å². The van der Waals surface area contributed by atoms with Gasteiger partial charge in [-0.2, -0.15) is 0 Å². The lowest BCUT2D eigenvalue weighted by molar-refractivity contribution is -0.143. The van der Waals surface area contributed by atoms with E-state index in [2.05, 4.69) is 0 Å². The fraction of sp³-hybridized carbons (Fsp3) is 0.304. The molecule has 1 fully saturated rings. The first-order chi connectivity index (χ1) is 14.0. The summed E-state index contributed by atoms with van der Waals surface area (Å²) in [6.45, 7) is 3.09. The van der Waals surface area contributed by atoms with Gasteiger partial charge in [-0.3, -0.25) is 9.59 Å². The lowest BCUT2D eigenvalue weighted by atomic mass is 9.96. The third-order valence-corrected chi connectivity index (χ3v) is 5.43. The molecule has 2 heterocycles. The van der Waals surface area contributed by atoms with Crippen molar-refractivity contribution in [2.75, 3.05) is 13.1 Å². The van der Waals surface area contributed by atoms with Crippen LogP contribution in [0.3, 0.4) is 0 Å². The lowest BCUT2D eigenvalue weighted by Gasteiger charge is -2.30. The van der Waals surface area contributed by atoms with E-state index >= 15 is 0 Å². The maximum absolute atomic E-state index is 13.1. The van der Waals surface area contributed by atoms with Crippen LogP contribution in [0.1, 0.15) is 34.5 Å². The minimum atomic E-state index is -0.790. The van der Waals surface area contributed by atoms with Crippen LogP contribution in [-0.2, 0) is 11.4 Å². The van der Waals surface area contributed by atoms with E-state index in [1.165, 1.54) is 0 Å². The van der Waals surface area contributed by atoms with Crippen molar-refractivity contribution in [3.05, 3.63) is 65.4 Å². The molecule has 0 spiro atoms. The molecule has 0 unspecified atom stereocenters. The van der Waals surface area contributed by atoms with Gasteiger partial charge in [-0.1, -0.05) is 30.3 Å². The van der Waals surface area contributed by atoms with Gasteiger partial charge in [0.2, 0.25) is 0 Å². The molecule has 1 N–H and O–H groups in total. The Morgan fingerprint density at radius 3 is 2.55 bits per heavy atom. The summed E-state index contributed by atoms with van der Waals surface area (Å²) in [6.07, 6.45) is 0.947. The molecule has 1 aliphatic rings. The van der Waals surface area contributed by atoms with Gasteiger partial charge >= 0.3 is 5.97 Å². The zero-order valence-corrected chi connectivity index (χ0v) is 16.3. The van der Waals surface area contributed by atoms with Gasteiger partial charge in [0, 0.05) is 18.5 Å². The van der Waals surface area contributed by atoms with Gasteiger partial charge < -0.3 is 19.2 Å². The normalized spacial score (nSPS) is 14.9. The van der Waals surface area contributed by atoms with E-state index in [0.717, 1.165) is 10.9 Å². The fourth-order valence-electron chi connectivity index (χ4n) is 3.78. The van der Waals surface area contributed by atoms with Crippen LogP contribution in [0.4, 0.5) is 0 Å². The van der Waals surface area contributed by atoms with Gasteiger partial charge in [-0.05, 0) is 43.5 Å². The average molecular weight is 393 g/mol. The molecule has 0 saturated carbocycles. The average Bonchev–Trinajstić information content (AvgIpc) is 3.07. The first kappa shape index (κ1) is 19.1. The summed E-state index contributed by atoms with van der Waals surface area (Å²) in [7, 11) is 0. The van der Waals surface area contributed by atoms with Crippen molar-refractivity contribution in [3.8, 4) is 5.75 Å². The molecule has 1 saturated heterocycles. The van der Waals surface area contributed by atoms with Crippen LogP contribution in [0.15, 0.2) is 52.9 Å². The second kappa shape index (κ2) is 7.99. The number of likely N-dealkylation sites (tertiary alicyclic amines) is 1. The van der Waals surface area contributed by atoms with Crippen LogP contribution >= 0.6 is 0 Å². The minimum Gasteiger partial charge on any atom is -0.489 e. The monoisotopic (exact) mass is 393 g/mol. The van der Waals surface area contributed by atoms with Gasteiger partial charge in [0.1, 0.15) is 23.7 Å². The number of rotatable bonds is 5. The highest BCUT2D eigenvalue weighted by molar-refractivity contribution is 6.07. The number of ether oxygens (including phenoxy) is 1. The molecule has 150 valence electrons. The SMILES string of the molecule is Cc1oc2ccc(OCc3ccccc3)cc2c1C(=O)N1CCC(C(=O)O)CC1. The van der Waals surface area contributed by atoms with Crippen molar-refractivity contribution in [2.24, 2.45) is 5.92 Å². The number of carboxylic acids is 1. The quantitative estimate of drug-likeness (QED) is 0.701. The van der Waals surface area contributed by atoms with Gasteiger partial charge in [0.25, 0.3) is 5.91 Å². The highest BCUT2D eigenvalue weighted by Gasteiger charge is 2.30. The number of furan rings is 1. The number of piperidine rings is 1. The number of aliphatic carboxylic acids is 1. The number of fused-ring (bicyclic) bond motifs is 1. The summed E-state index contributed by atoms with van der Waals surface area (Å²) in [5, 5.41) is 9.88. The summed E-state index contributed by atoms with van der Waals surface area (Å²) < 4.78 is 11.7. The number of hydrogen-bond donors (Lipinski definition) is 1. The Hall–Kier alpha value is -3.28. The Morgan fingerprint density at radius 2 is 1.86 bits per heavy atom. The standard InChI is InChI=1S/C23H23NO5/c1-15-21(22(25)24-11-9-17(10-12-24)23(26)27)19-13-18(7-8-20(19)29-15)28-14-16-5-3-2-4-6-16/h2-8,13,17H,9-12,14H2,1H3,(H,26,27). The van der Waals surface area contributed by atoms with Crippen LogP contribution in [0, 0.1) is 12.8 Å². The third kappa shape index (κ3) is 3.97. The molecule has 6 nitrogen and oxygen atoms in total. The Morgan fingerprint density at radius 1 is 1.14 bits per heavy atom. The molecule has 0 aliphatic carbocycles. The fourth-order valence-corrected chi connectivity index (χ4v) is 3.78. The summed E-state index contributed by atoms with van der Waals surface area (Å²) in [4.78, 5) is 26.0. The van der Waals surface area contributed by atoms with Gasteiger partial charge in [-0.15, -0.1) is 0 Å². The zero-order valence-electron chi connectivity index (χ0n) is 16.3. The Bertz CT molecular complexity index is 1030. The molecular formula is C23H23NO5. The number of benzene rings is 2. The highest BCUT2D eigenvalue weighted by atomic mass is 16.5. The third-order valence-electron chi connectivity index (χ3n) is 5.43. The molecule has 6 heteroatoms. The molecule has 1 aliphatic heterocycles. The van der Waals surface area contributed by atoms with Crippen molar-refractivity contribution in [3.63, 3.8) is 0 Å². The lowest BCUT2D eigenvalue weighted by Crippen LogP contribution is -2.40. The van der Waals surface area contributed by atoms with E-state index < -0.39 is 5.97 Å². The number of hydrogen-bond acceptors (Lipinski definition) is 4. The summed E-state index contributed by atoms with van der Waals surface area (Å²) in [5.74, 6) is -0.0573. The van der Waals surface area contributed by atoms with Crippen LogP contribution < -0.4 is 4.74 Å². The molecule has 4 rings (SSSR count). The molecule has 0 atom stereocenters. The van der Waals surface area contributed by atoms with Crippen molar-refractivity contribution >= 4 is 22.8 Å². The number of amides is 1. The van der Waals surface area contributed by atoms with E-state index in [1.54, 1.807) is 11.8 Å². The van der Waals surface area contributed by atoms with Gasteiger partial charge in [0.05, 0.1) is 11.5 Å². The maximum Gasteiger partial charge on any atom is 0.306 e. The minimum absolute atomic E-state index is 0.120. The van der Waals surface area contributed by atoms with E-state index in [4.69, 9.17) is 14.3 Å². The largest absolute Gasteiger partial charge is 0.489 e. The Kier molecular flexibility index (Phi) is 5.25. The van der Waals surface area contributed by atoms with Crippen molar-refractivity contribution < 1.29 is 23.8 Å². The first-order valence-corrected chi connectivity index (χ1v) is 9.75. The molecule has 0 bridgehead atoms. The summed E-state index contributed by atoms with van der Waals surface area (Å²) in [5.41, 5.74) is 2.23. The van der Waals surface area contributed by atoms with Crippen molar-refractivity contribution in [1.29, 1.82) is 0 Å². The molecular weight excluding hydrogens is 370 g/mol. The Labute approximate surface area is 168 Å². The zero-order chi connectivity index (χ0) is 20.4. The number of nitrogens with zero attached hydrogens (tertiary/aromatic N) is 1. The molecule has 0 radical (unpaired) electrons. The molecule has 1 aromatic heterocycles. The second-order valence-corrected chi connectivity index (χ2v) is 7.37. The number of carbonyl (C=O) groups is 2. The van der Waals surface area contributed by atoms with Crippen LogP contribution in [-0.4, -0.2) is 35.0 Å². The van der Waals surface area contributed by atoms with Crippen LogP contribution in [0.5, 0.6) is 5.75 Å². The second-order valence-electron chi connectivity index (χ2n) is 7.37. The summed E-state index contributed by atoms with van der Waals surface area (Å²) in [6, 6.07) is 15.4. The van der Waals surface area contributed by atoms with E-state index in [1.807, 2.05) is 48.5 Å². The number of carbonyl (C=O) groups excluding carboxylic acids is 1. The number of aryl methyl sites for hydroxylation is 1. The Balaban J connectivity index is 1.55. The van der Waals surface area contributed by atoms with Crippen LogP contribution in [0.25, 0.3) is 11.0 Å². The number of carboxylic acid groups (broad SMARTS) is 1. The predicted molar refractivity (Wildman–Crippen MR) is 108 cm³/mol. The van der Waals surface area contributed by atoms with Gasteiger partial charge in [0.15, 0.2) is 0 Å². The van der Waals surface area contributed by atoms with E-state index in [9.17, 15) is 9.59 Å². The van der Waals surface area contributed by atoms with E-state index in [-0.39, 0.29) is 11.8 Å². The first-order valence-electron chi connectivity index (χ1n) is 9.75. The van der Waals surface area contributed by atoms with Gasteiger partial charge in [-0.25, -0.2) is 0 Å². The molecule has 29 heavy (non-hydrogen) atoms. The molecule has 1 amide bonds. The maximum atomic E-state index is 13.1. The van der Waals surface area contributed by atoms with Crippen molar-refractivity contribution in [1.82, 2.24) is 4.90 Å². The topological polar surface area (TPSA) is 80.0 Å². The molecule has 2 aromatic carbocycles. The van der Waals surface area contributed by atoms with Crippen LogP contribution in [0.2, 0.25) is 0 Å². The highest BCUT2D eigenvalue weighted by Crippen LogP contribution is 2.31. The van der Waals surface area contributed by atoms with E-state index in [0.29, 0.717) is 55.2 Å². The summed E-state index contributed by atoms with van der Waals surface area (Å²) >= 11 is 0. The smallest absolute Gasteiger partial charge is 0.306 e. The molecule has 3 aromatic rings.